The van der Waals surface area contributed by atoms with Gasteiger partial charge in [-0.15, -0.1) is 0 Å². The molecule has 0 fully saturated rings. The molecule has 0 rings (SSSR count). The summed E-state index contributed by atoms with van der Waals surface area (Å²) in [5.74, 6) is -2.33. The number of aliphatic hydroxyl groups is 2. The Morgan fingerprint density at radius 2 is 1.67 bits per heavy atom. The van der Waals surface area contributed by atoms with Gasteiger partial charge >= 0.3 is 11.9 Å². The first-order valence-corrected chi connectivity index (χ1v) is 4.51. The van der Waals surface area contributed by atoms with Crippen LogP contribution in [-0.2, 0) is 9.59 Å². The van der Waals surface area contributed by atoms with Crippen LogP contribution in [-0.4, -0.2) is 44.1 Å². The molecule has 0 aliphatic heterocycles. The monoisotopic (exact) mass is 222 g/mol. The van der Waals surface area contributed by atoms with Crippen molar-refractivity contribution in [1.29, 1.82) is 0 Å². The Balaban J connectivity index is 0. The van der Waals surface area contributed by atoms with Crippen LogP contribution >= 0.6 is 0 Å². The molecule has 0 spiro atoms. The first-order valence-electron chi connectivity index (χ1n) is 4.51. The highest BCUT2D eigenvalue weighted by molar-refractivity contribution is 5.76. The van der Waals surface area contributed by atoms with Gasteiger partial charge in [0.05, 0.1) is 0 Å². The van der Waals surface area contributed by atoms with Crippen molar-refractivity contribution in [1.82, 2.24) is 0 Å². The molecule has 0 aliphatic carbocycles. The quantitative estimate of drug-likeness (QED) is 0.535. The number of hydrogen-bond acceptors (Lipinski definition) is 4. The van der Waals surface area contributed by atoms with E-state index in [-0.39, 0.29) is 0 Å². The lowest BCUT2D eigenvalue weighted by molar-refractivity contribution is -0.157. The Morgan fingerprint density at radius 1 is 1.33 bits per heavy atom. The molecule has 0 aliphatic rings. The Bertz CT molecular complexity index is 209. The molecule has 0 aromatic heterocycles. The maximum atomic E-state index is 10.2. The van der Waals surface area contributed by atoms with Crippen LogP contribution < -0.4 is 0 Å². The average molecular weight is 222 g/mol. The molecular formula is C9H18O6. The zero-order valence-corrected chi connectivity index (χ0v) is 9.10. The maximum absolute atomic E-state index is 10.2. The molecule has 0 bridgehead atoms. The van der Waals surface area contributed by atoms with Gasteiger partial charge in [0.2, 0.25) is 0 Å². The minimum absolute atomic E-state index is 0.308. The number of aliphatic hydroxyl groups excluding tert-OH is 1. The van der Waals surface area contributed by atoms with Crippen molar-refractivity contribution in [3.63, 3.8) is 0 Å². The number of carboxylic acid groups (broad SMARTS) is 2. The van der Waals surface area contributed by atoms with Gasteiger partial charge in [-0.2, -0.15) is 0 Å². The molecule has 0 saturated heterocycles. The summed E-state index contributed by atoms with van der Waals surface area (Å²) in [5, 5.41) is 33.1. The number of rotatable bonds is 4. The van der Waals surface area contributed by atoms with Gasteiger partial charge in [0.1, 0.15) is 6.10 Å². The third-order valence-corrected chi connectivity index (χ3v) is 1.55. The summed E-state index contributed by atoms with van der Waals surface area (Å²) in [6.45, 7) is 4.33. The van der Waals surface area contributed by atoms with Gasteiger partial charge in [0.15, 0.2) is 5.60 Å². The number of carbonyl (C=O) groups is 2. The lowest BCUT2D eigenvalue weighted by atomic mass is 10.0. The molecule has 2 atom stereocenters. The standard InChI is InChI=1S/C6H12O3.C3H6O3/c1-3-4-6(2,9)5(7)8;1-2(4)3(5)6/h9H,3-4H2,1-2H3,(H,7,8);2,4H,1H3,(H,5,6). The predicted molar refractivity (Wildman–Crippen MR) is 52.5 cm³/mol. The molecule has 0 saturated carbocycles. The van der Waals surface area contributed by atoms with Crippen molar-refractivity contribution < 1.29 is 30.0 Å². The normalized spacial score (nSPS) is 15.5. The van der Waals surface area contributed by atoms with Gasteiger partial charge in [0, 0.05) is 0 Å². The summed E-state index contributed by atoms with van der Waals surface area (Å²) in [6.07, 6.45) is -0.244. The molecule has 0 aromatic rings. The Hall–Kier alpha value is -1.14. The molecule has 90 valence electrons. The molecule has 0 amide bonds. The molecule has 6 nitrogen and oxygen atoms in total. The van der Waals surface area contributed by atoms with E-state index in [0.717, 1.165) is 0 Å². The van der Waals surface area contributed by atoms with E-state index in [1.807, 2.05) is 6.92 Å². The molecule has 0 heterocycles. The van der Waals surface area contributed by atoms with Gasteiger partial charge in [-0.05, 0) is 20.3 Å². The molecule has 0 radical (unpaired) electrons. The maximum Gasteiger partial charge on any atom is 0.335 e. The van der Waals surface area contributed by atoms with E-state index in [1.54, 1.807) is 0 Å². The van der Waals surface area contributed by atoms with E-state index >= 15 is 0 Å². The fourth-order valence-corrected chi connectivity index (χ4v) is 0.594. The highest BCUT2D eigenvalue weighted by atomic mass is 16.4. The van der Waals surface area contributed by atoms with Crippen molar-refractivity contribution in [2.24, 2.45) is 0 Å². The summed E-state index contributed by atoms with van der Waals surface area (Å²) in [7, 11) is 0. The fourth-order valence-electron chi connectivity index (χ4n) is 0.594. The van der Waals surface area contributed by atoms with Gasteiger partial charge in [0.25, 0.3) is 0 Å². The second-order valence-corrected chi connectivity index (χ2v) is 3.34. The summed E-state index contributed by atoms with van der Waals surface area (Å²) in [5.41, 5.74) is -1.53. The molecule has 2 unspecified atom stereocenters. The lowest BCUT2D eigenvalue weighted by Crippen LogP contribution is -2.34. The van der Waals surface area contributed by atoms with Crippen LogP contribution in [0.5, 0.6) is 0 Å². The average Bonchev–Trinajstić information content (AvgIpc) is 2.04. The fraction of sp³-hybridized carbons (Fsp3) is 0.778. The number of aliphatic carboxylic acids is 2. The van der Waals surface area contributed by atoms with E-state index in [4.69, 9.17) is 20.4 Å². The zero-order valence-electron chi connectivity index (χ0n) is 9.10. The highest BCUT2D eigenvalue weighted by Crippen LogP contribution is 2.10. The highest BCUT2D eigenvalue weighted by Gasteiger charge is 2.27. The minimum atomic E-state index is -1.53. The predicted octanol–water partition coefficient (Wildman–Crippen LogP) is 0.0739. The smallest absolute Gasteiger partial charge is 0.335 e. The van der Waals surface area contributed by atoms with Gasteiger partial charge in [-0.1, -0.05) is 13.3 Å². The van der Waals surface area contributed by atoms with Crippen LogP contribution in [0.2, 0.25) is 0 Å². The van der Waals surface area contributed by atoms with Crippen molar-refractivity contribution in [3.05, 3.63) is 0 Å². The summed E-state index contributed by atoms with van der Waals surface area (Å²) < 4.78 is 0. The van der Waals surface area contributed by atoms with Gasteiger partial charge in [-0.3, -0.25) is 0 Å². The van der Waals surface area contributed by atoms with Crippen LogP contribution in [0.3, 0.4) is 0 Å². The van der Waals surface area contributed by atoms with Gasteiger partial charge < -0.3 is 20.4 Å². The first kappa shape index (κ1) is 16.3. The van der Waals surface area contributed by atoms with E-state index in [9.17, 15) is 9.59 Å². The second kappa shape index (κ2) is 7.19. The summed E-state index contributed by atoms with van der Waals surface area (Å²) in [4.78, 5) is 19.6. The van der Waals surface area contributed by atoms with E-state index in [2.05, 4.69) is 0 Å². The zero-order chi connectivity index (χ0) is 12.6. The molecule has 6 heteroatoms. The third kappa shape index (κ3) is 9.17. The van der Waals surface area contributed by atoms with Crippen LogP contribution in [0, 0.1) is 0 Å². The van der Waals surface area contributed by atoms with Gasteiger partial charge in [-0.25, -0.2) is 9.59 Å². The molecule has 0 aromatic carbocycles. The van der Waals surface area contributed by atoms with E-state index in [0.29, 0.717) is 12.8 Å². The second-order valence-electron chi connectivity index (χ2n) is 3.34. The SMILES string of the molecule is CC(O)C(=O)O.CCCC(C)(O)C(=O)O. The largest absolute Gasteiger partial charge is 0.479 e. The third-order valence-electron chi connectivity index (χ3n) is 1.55. The van der Waals surface area contributed by atoms with Crippen LogP contribution in [0.25, 0.3) is 0 Å². The number of hydrogen-bond donors (Lipinski definition) is 4. The van der Waals surface area contributed by atoms with Crippen LogP contribution in [0.1, 0.15) is 33.6 Å². The van der Waals surface area contributed by atoms with E-state index in [1.165, 1.54) is 13.8 Å². The van der Waals surface area contributed by atoms with Crippen LogP contribution in [0.15, 0.2) is 0 Å². The van der Waals surface area contributed by atoms with Crippen molar-refractivity contribution in [2.75, 3.05) is 0 Å². The molecule has 15 heavy (non-hydrogen) atoms. The topological polar surface area (TPSA) is 115 Å². The molecular weight excluding hydrogens is 204 g/mol. The van der Waals surface area contributed by atoms with Crippen LogP contribution in [0.4, 0.5) is 0 Å². The minimum Gasteiger partial charge on any atom is -0.479 e. The lowest BCUT2D eigenvalue weighted by Gasteiger charge is -2.15. The van der Waals surface area contributed by atoms with Crippen molar-refractivity contribution in [3.8, 4) is 0 Å². The Labute approximate surface area is 88.2 Å². The summed E-state index contributed by atoms with van der Waals surface area (Å²) >= 11 is 0. The summed E-state index contributed by atoms with van der Waals surface area (Å²) in [6, 6.07) is 0. The number of carboxylic acids is 2. The Morgan fingerprint density at radius 3 is 1.73 bits per heavy atom. The van der Waals surface area contributed by atoms with E-state index < -0.39 is 23.6 Å². The first-order chi connectivity index (χ1) is 6.65. The Kier molecular flexibility index (Phi) is 7.81. The van der Waals surface area contributed by atoms with Crippen molar-refractivity contribution >= 4 is 11.9 Å². The molecule has 4 N–H and O–H groups in total. The van der Waals surface area contributed by atoms with Crippen molar-refractivity contribution in [2.45, 2.75) is 45.3 Å².